The van der Waals surface area contributed by atoms with Crippen molar-refractivity contribution in [3.8, 4) is 11.5 Å². The topological polar surface area (TPSA) is 119 Å². The Kier molecular flexibility index (Phi) is 7.23. The van der Waals surface area contributed by atoms with Crippen LogP contribution in [0.4, 0.5) is 5.69 Å². The first-order valence-corrected chi connectivity index (χ1v) is 11.9. The van der Waals surface area contributed by atoms with Crippen molar-refractivity contribution in [2.75, 3.05) is 20.8 Å². The Balaban J connectivity index is 1.50. The number of hydrogen-bond acceptors (Lipinski definition) is 7. The Morgan fingerprint density at radius 1 is 1.11 bits per heavy atom. The van der Waals surface area contributed by atoms with E-state index in [0.29, 0.717) is 30.9 Å². The summed E-state index contributed by atoms with van der Waals surface area (Å²) in [6, 6.07) is 8.55. The lowest BCUT2D eigenvalue weighted by molar-refractivity contribution is -0.385. The van der Waals surface area contributed by atoms with E-state index in [-0.39, 0.29) is 23.1 Å². The Bertz CT molecular complexity index is 1210. The fourth-order valence-corrected chi connectivity index (χ4v) is 5.10. The smallest absolute Gasteiger partial charge is 0.282 e. The third-order valence-corrected chi connectivity index (χ3v) is 6.99. The summed E-state index contributed by atoms with van der Waals surface area (Å²) in [6.07, 6.45) is 4.05. The normalized spacial score (nSPS) is 18.1. The second kappa shape index (κ2) is 10.3. The van der Waals surface area contributed by atoms with E-state index >= 15 is 0 Å². The molecule has 0 N–H and O–H groups in total. The summed E-state index contributed by atoms with van der Waals surface area (Å²) < 4.78 is 10.7. The minimum atomic E-state index is -1.07. The van der Waals surface area contributed by atoms with Crippen LogP contribution in [0.5, 0.6) is 11.5 Å². The van der Waals surface area contributed by atoms with Crippen LogP contribution in [0.15, 0.2) is 36.4 Å². The van der Waals surface area contributed by atoms with E-state index in [1.165, 1.54) is 25.1 Å². The van der Waals surface area contributed by atoms with Crippen molar-refractivity contribution in [2.45, 2.75) is 51.1 Å². The summed E-state index contributed by atoms with van der Waals surface area (Å²) in [4.78, 5) is 53.0. The Labute approximate surface area is 208 Å². The van der Waals surface area contributed by atoms with E-state index in [1.54, 1.807) is 19.1 Å². The van der Waals surface area contributed by atoms with Crippen LogP contribution in [-0.4, -0.2) is 65.3 Å². The highest BCUT2D eigenvalue weighted by Gasteiger charge is 2.46. The predicted octanol–water partition coefficient (Wildman–Crippen LogP) is 3.61. The van der Waals surface area contributed by atoms with E-state index in [9.17, 15) is 24.5 Å². The number of aryl methyl sites for hydroxylation is 1. The number of carbonyl (C=O) groups is 3. The third-order valence-electron chi connectivity index (χ3n) is 6.99. The number of carbonyl (C=O) groups excluding carboxylic acids is 3. The maximum Gasteiger partial charge on any atom is 0.282 e. The van der Waals surface area contributed by atoms with Crippen LogP contribution in [0.3, 0.4) is 0 Å². The summed E-state index contributed by atoms with van der Waals surface area (Å²) in [5.74, 6) is -0.532. The molecule has 2 aromatic carbocycles. The zero-order chi connectivity index (χ0) is 26.0. The van der Waals surface area contributed by atoms with Gasteiger partial charge in [-0.1, -0.05) is 12.1 Å². The third kappa shape index (κ3) is 4.50. The fraction of sp³-hybridized carbons (Fsp3) is 0.423. The molecular formula is C26H29N3O7. The molecule has 1 fully saturated rings. The van der Waals surface area contributed by atoms with Crippen molar-refractivity contribution < 1.29 is 28.8 Å². The van der Waals surface area contributed by atoms with Crippen LogP contribution >= 0.6 is 0 Å². The van der Waals surface area contributed by atoms with Crippen molar-refractivity contribution in [1.82, 2.24) is 9.80 Å². The molecule has 0 bridgehead atoms. The lowest BCUT2D eigenvalue weighted by Crippen LogP contribution is -2.53. The molecule has 3 amide bonds. The van der Waals surface area contributed by atoms with Gasteiger partial charge in [0, 0.05) is 18.7 Å². The SMILES string of the molecule is COc1ccc(CCC2CCCCN2C(=O)C(C)N2C(=O)c3cccc([N+](=O)[O-])c3C2=O)cc1OC. The highest BCUT2D eigenvalue weighted by atomic mass is 16.6. The van der Waals surface area contributed by atoms with Gasteiger partial charge in [0.25, 0.3) is 17.5 Å². The monoisotopic (exact) mass is 495 g/mol. The molecule has 2 atom stereocenters. The molecule has 190 valence electrons. The number of benzene rings is 2. The van der Waals surface area contributed by atoms with E-state index in [0.717, 1.165) is 29.7 Å². The number of nitrogens with zero attached hydrogens (tertiary/aromatic N) is 3. The minimum absolute atomic E-state index is 0.0440. The van der Waals surface area contributed by atoms with Gasteiger partial charge in [0.1, 0.15) is 11.6 Å². The lowest BCUT2D eigenvalue weighted by Gasteiger charge is -2.38. The summed E-state index contributed by atoms with van der Waals surface area (Å²) in [6.45, 7) is 2.04. The number of methoxy groups -OCH3 is 2. The van der Waals surface area contributed by atoms with Gasteiger partial charge >= 0.3 is 0 Å². The standard InChI is InChI=1S/C26H29N3O7/c1-16(28-25(31)19-8-6-9-20(29(33)34)23(19)26(28)32)24(30)27-14-5-4-7-18(27)12-10-17-11-13-21(35-2)22(15-17)36-3/h6,8-9,11,13,15-16,18H,4-5,7,10,12,14H2,1-3H3. The van der Waals surface area contributed by atoms with Gasteiger partial charge in [0.2, 0.25) is 5.91 Å². The molecule has 0 radical (unpaired) electrons. The van der Waals surface area contributed by atoms with Gasteiger partial charge in [0.15, 0.2) is 11.5 Å². The molecule has 1 saturated heterocycles. The van der Waals surface area contributed by atoms with E-state index in [4.69, 9.17) is 9.47 Å². The van der Waals surface area contributed by atoms with Crippen LogP contribution in [0.2, 0.25) is 0 Å². The average Bonchev–Trinajstić information content (AvgIpc) is 3.16. The molecular weight excluding hydrogens is 466 g/mol. The van der Waals surface area contributed by atoms with Gasteiger partial charge < -0.3 is 14.4 Å². The number of nitro groups is 1. The average molecular weight is 496 g/mol. The number of amides is 3. The number of piperidine rings is 1. The number of fused-ring (bicyclic) bond motifs is 1. The zero-order valence-corrected chi connectivity index (χ0v) is 20.6. The van der Waals surface area contributed by atoms with Crippen molar-refractivity contribution in [3.05, 3.63) is 63.2 Å². The highest BCUT2D eigenvalue weighted by molar-refractivity contribution is 6.24. The first kappa shape index (κ1) is 25.2. The van der Waals surface area contributed by atoms with Crippen LogP contribution in [0.25, 0.3) is 0 Å². The fourth-order valence-electron chi connectivity index (χ4n) is 5.10. The second-order valence-corrected chi connectivity index (χ2v) is 9.02. The second-order valence-electron chi connectivity index (χ2n) is 9.02. The van der Waals surface area contributed by atoms with E-state index < -0.39 is 28.5 Å². The lowest BCUT2D eigenvalue weighted by atomic mass is 9.95. The number of ether oxygens (including phenoxy) is 2. The minimum Gasteiger partial charge on any atom is -0.493 e. The van der Waals surface area contributed by atoms with Crippen LogP contribution < -0.4 is 9.47 Å². The van der Waals surface area contributed by atoms with Gasteiger partial charge in [-0.15, -0.1) is 0 Å². The quantitative estimate of drug-likeness (QED) is 0.312. The molecule has 4 rings (SSSR count). The maximum atomic E-state index is 13.6. The van der Waals surface area contributed by atoms with Crippen molar-refractivity contribution in [3.63, 3.8) is 0 Å². The van der Waals surface area contributed by atoms with E-state index in [1.807, 2.05) is 18.2 Å². The van der Waals surface area contributed by atoms with Crippen LogP contribution in [0, 0.1) is 10.1 Å². The first-order valence-electron chi connectivity index (χ1n) is 11.9. The molecule has 2 aliphatic heterocycles. The molecule has 2 aliphatic rings. The number of likely N-dealkylation sites (tertiary alicyclic amines) is 1. The van der Waals surface area contributed by atoms with Crippen molar-refractivity contribution in [2.24, 2.45) is 0 Å². The van der Waals surface area contributed by atoms with Crippen molar-refractivity contribution >= 4 is 23.4 Å². The number of nitro benzene ring substituents is 1. The zero-order valence-electron chi connectivity index (χ0n) is 20.6. The van der Waals surface area contributed by atoms with Crippen molar-refractivity contribution in [1.29, 1.82) is 0 Å². The van der Waals surface area contributed by atoms with E-state index in [2.05, 4.69) is 0 Å². The molecule has 36 heavy (non-hydrogen) atoms. The molecule has 0 aromatic heterocycles. The largest absolute Gasteiger partial charge is 0.493 e. The molecule has 10 heteroatoms. The van der Waals surface area contributed by atoms with Gasteiger partial charge in [-0.3, -0.25) is 29.4 Å². The number of rotatable bonds is 8. The Morgan fingerprint density at radius 2 is 1.86 bits per heavy atom. The number of imide groups is 1. The van der Waals surface area contributed by atoms with Crippen LogP contribution in [0.1, 0.15) is 58.9 Å². The van der Waals surface area contributed by atoms with Crippen LogP contribution in [-0.2, 0) is 11.2 Å². The summed E-state index contributed by atoms with van der Waals surface area (Å²) in [5, 5.41) is 11.4. The Morgan fingerprint density at radius 3 is 2.56 bits per heavy atom. The highest BCUT2D eigenvalue weighted by Crippen LogP contribution is 2.33. The summed E-state index contributed by atoms with van der Waals surface area (Å²) in [5.41, 5.74) is 0.318. The molecule has 0 spiro atoms. The molecule has 2 aromatic rings. The summed E-state index contributed by atoms with van der Waals surface area (Å²) >= 11 is 0. The van der Waals surface area contributed by atoms with Gasteiger partial charge in [-0.2, -0.15) is 0 Å². The molecule has 2 heterocycles. The maximum absolute atomic E-state index is 13.6. The predicted molar refractivity (Wildman–Crippen MR) is 130 cm³/mol. The van der Waals surface area contributed by atoms with Gasteiger partial charge in [-0.05, 0) is 62.8 Å². The number of hydrogen-bond donors (Lipinski definition) is 0. The molecule has 2 unspecified atom stereocenters. The molecule has 0 aliphatic carbocycles. The van der Waals surface area contributed by atoms with Gasteiger partial charge in [-0.25, -0.2) is 0 Å². The molecule has 0 saturated carbocycles. The first-order chi connectivity index (χ1) is 17.3. The summed E-state index contributed by atoms with van der Waals surface area (Å²) in [7, 11) is 3.16. The Hall–Kier alpha value is -3.95. The molecule has 10 nitrogen and oxygen atoms in total. The van der Waals surface area contributed by atoms with Gasteiger partial charge in [0.05, 0.1) is 24.7 Å².